The van der Waals surface area contributed by atoms with Crippen molar-refractivity contribution in [3.05, 3.63) is 78.4 Å². The fraction of sp³-hybridized carbons (Fsp3) is 0.0556. The lowest BCUT2D eigenvalue weighted by Crippen LogP contribution is -1.96. The molecule has 0 saturated carbocycles. The van der Waals surface area contributed by atoms with Crippen LogP contribution < -0.4 is 0 Å². The van der Waals surface area contributed by atoms with E-state index in [1.807, 2.05) is 53.0 Å². The molecular weight excluding hydrogens is 304 g/mol. The Morgan fingerprint density at radius 2 is 1.52 bits per heavy atom. The van der Waals surface area contributed by atoms with Gasteiger partial charge in [-0.1, -0.05) is 72.4 Å². The molecule has 2 aromatic heterocycles. The molecular formula is C18H14N4S. The van der Waals surface area contributed by atoms with Crippen molar-refractivity contribution in [1.82, 2.24) is 19.8 Å². The van der Waals surface area contributed by atoms with Crippen LogP contribution in [0.25, 0.3) is 17.0 Å². The minimum Gasteiger partial charge on any atom is -0.192 e. The van der Waals surface area contributed by atoms with Crippen molar-refractivity contribution < 1.29 is 0 Å². The highest BCUT2D eigenvalue weighted by atomic mass is 32.2. The summed E-state index contributed by atoms with van der Waals surface area (Å²) in [5.41, 5.74) is 3.05. The van der Waals surface area contributed by atoms with Crippen LogP contribution in [0.3, 0.4) is 0 Å². The van der Waals surface area contributed by atoms with Gasteiger partial charge in [0.15, 0.2) is 11.5 Å². The largest absolute Gasteiger partial charge is 0.192 e. The molecule has 0 radical (unpaired) electrons. The van der Waals surface area contributed by atoms with E-state index in [0.717, 1.165) is 27.8 Å². The molecule has 4 aromatic rings. The van der Waals surface area contributed by atoms with E-state index in [-0.39, 0.29) is 0 Å². The summed E-state index contributed by atoms with van der Waals surface area (Å²) >= 11 is 1.71. The highest BCUT2D eigenvalue weighted by Gasteiger charge is 2.09. The summed E-state index contributed by atoms with van der Waals surface area (Å²) in [5, 5.41) is 14.1. The number of hydrogen-bond donors (Lipinski definition) is 0. The molecule has 4 rings (SSSR count). The second-order valence-electron chi connectivity index (χ2n) is 5.11. The Bertz CT molecular complexity index is 920. The first-order chi connectivity index (χ1) is 11.4. The fourth-order valence-electron chi connectivity index (χ4n) is 2.35. The minimum atomic E-state index is 0.757. The number of aromatic nitrogens is 4. The molecule has 0 bridgehead atoms. The Kier molecular flexibility index (Phi) is 3.78. The van der Waals surface area contributed by atoms with Crippen molar-refractivity contribution in [3.8, 4) is 11.4 Å². The second-order valence-corrected chi connectivity index (χ2v) is 6.10. The van der Waals surface area contributed by atoms with Gasteiger partial charge in [-0.2, -0.15) is 9.61 Å². The Hall–Kier alpha value is -2.66. The van der Waals surface area contributed by atoms with Gasteiger partial charge in [0.1, 0.15) is 5.03 Å². The highest BCUT2D eigenvalue weighted by molar-refractivity contribution is 7.98. The third-order valence-corrected chi connectivity index (χ3v) is 4.49. The van der Waals surface area contributed by atoms with Crippen LogP contribution in [0.4, 0.5) is 0 Å². The lowest BCUT2D eigenvalue weighted by atomic mass is 10.2. The number of rotatable bonds is 4. The van der Waals surface area contributed by atoms with E-state index in [4.69, 9.17) is 0 Å². The van der Waals surface area contributed by atoms with E-state index < -0.39 is 0 Å². The molecule has 5 heteroatoms. The normalized spacial score (nSPS) is 11.0. The van der Waals surface area contributed by atoms with Crippen LogP contribution in [0.5, 0.6) is 0 Å². The third kappa shape index (κ3) is 2.96. The van der Waals surface area contributed by atoms with Gasteiger partial charge in [-0.05, 0) is 17.7 Å². The van der Waals surface area contributed by atoms with Gasteiger partial charge < -0.3 is 0 Å². The van der Waals surface area contributed by atoms with Crippen molar-refractivity contribution >= 4 is 17.4 Å². The van der Waals surface area contributed by atoms with Crippen LogP contribution in [-0.4, -0.2) is 19.8 Å². The summed E-state index contributed by atoms with van der Waals surface area (Å²) in [6, 6.07) is 24.3. The second kappa shape index (κ2) is 6.22. The summed E-state index contributed by atoms with van der Waals surface area (Å²) in [4.78, 5) is 0. The summed E-state index contributed by atoms with van der Waals surface area (Å²) in [5.74, 6) is 1.66. The maximum atomic E-state index is 4.68. The van der Waals surface area contributed by atoms with Crippen molar-refractivity contribution in [3.63, 3.8) is 0 Å². The molecule has 2 heterocycles. The lowest BCUT2D eigenvalue weighted by Gasteiger charge is -2.03. The van der Waals surface area contributed by atoms with Crippen LogP contribution >= 0.6 is 11.8 Å². The Morgan fingerprint density at radius 3 is 2.30 bits per heavy atom. The standard InChI is InChI=1S/C18H14N4S/c1-3-7-14(8-4-1)13-23-17-12-11-16-19-20-18(22(16)21-17)15-9-5-2-6-10-15/h1-12H,13H2. The molecule has 0 spiro atoms. The molecule has 4 nitrogen and oxygen atoms in total. The maximum absolute atomic E-state index is 4.68. The van der Waals surface area contributed by atoms with Gasteiger partial charge in [0.05, 0.1) is 0 Å². The summed E-state index contributed by atoms with van der Waals surface area (Å²) in [7, 11) is 0. The fourth-order valence-corrected chi connectivity index (χ4v) is 3.16. The average molecular weight is 318 g/mol. The molecule has 23 heavy (non-hydrogen) atoms. The first kappa shape index (κ1) is 14.0. The molecule has 0 atom stereocenters. The van der Waals surface area contributed by atoms with Gasteiger partial charge in [-0.25, -0.2) is 0 Å². The molecule has 0 unspecified atom stereocenters. The number of hydrogen-bond acceptors (Lipinski definition) is 4. The zero-order valence-electron chi connectivity index (χ0n) is 12.3. The zero-order chi connectivity index (χ0) is 15.5. The SMILES string of the molecule is c1ccc(CSc2ccc3nnc(-c4ccccc4)n3n2)cc1. The van der Waals surface area contributed by atoms with Gasteiger partial charge in [0.2, 0.25) is 0 Å². The average Bonchev–Trinajstić information content (AvgIpc) is 3.05. The Balaban J connectivity index is 1.65. The molecule has 2 aromatic carbocycles. The van der Waals surface area contributed by atoms with Crippen LogP contribution in [0, 0.1) is 0 Å². The molecule has 0 amide bonds. The van der Waals surface area contributed by atoms with Gasteiger partial charge in [-0.15, -0.1) is 10.2 Å². The van der Waals surface area contributed by atoms with Crippen molar-refractivity contribution in [2.24, 2.45) is 0 Å². The number of thioether (sulfide) groups is 1. The molecule has 0 N–H and O–H groups in total. The number of fused-ring (bicyclic) bond motifs is 1. The number of nitrogens with zero attached hydrogens (tertiary/aromatic N) is 4. The molecule has 0 fully saturated rings. The zero-order valence-corrected chi connectivity index (χ0v) is 13.1. The van der Waals surface area contributed by atoms with E-state index in [9.17, 15) is 0 Å². The van der Waals surface area contributed by atoms with Crippen molar-refractivity contribution in [2.75, 3.05) is 0 Å². The van der Waals surface area contributed by atoms with Crippen molar-refractivity contribution in [1.29, 1.82) is 0 Å². The molecule has 112 valence electrons. The minimum absolute atomic E-state index is 0.757. The van der Waals surface area contributed by atoms with Crippen LogP contribution in [-0.2, 0) is 5.75 Å². The quantitative estimate of drug-likeness (QED) is 0.532. The summed E-state index contributed by atoms with van der Waals surface area (Å²) in [6.07, 6.45) is 0. The predicted octanol–water partition coefficient (Wildman–Crippen LogP) is 4.08. The first-order valence-corrected chi connectivity index (χ1v) is 8.33. The molecule has 0 aliphatic carbocycles. The smallest absolute Gasteiger partial charge is 0.185 e. The third-order valence-electron chi connectivity index (χ3n) is 3.50. The monoisotopic (exact) mass is 318 g/mol. The van der Waals surface area contributed by atoms with Crippen LogP contribution in [0.1, 0.15) is 5.56 Å². The predicted molar refractivity (Wildman–Crippen MR) is 92.2 cm³/mol. The number of benzene rings is 2. The Morgan fingerprint density at radius 1 is 0.783 bits per heavy atom. The van der Waals surface area contributed by atoms with Gasteiger partial charge in [0.25, 0.3) is 0 Å². The summed E-state index contributed by atoms with van der Waals surface area (Å²) in [6.45, 7) is 0. The molecule has 0 aliphatic rings. The van der Waals surface area contributed by atoms with E-state index in [2.05, 4.69) is 39.6 Å². The first-order valence-electron chi connectivity index (χ1n) is 7.35. The highest BCUT2D eigenvalue weighted by Crippen LogP contribution is 2.23. The Labute approximate surface area is 138 Å². The van der Waals surface area contributed by atoms with Crippen LogP contribution in [0.15, 0.2) is 77.8 Å². The maximum Gasteiger partial charge on any atom is 0.185 e. The van der Waals surface area contributed by atoms with Crippen molar-refractivity contribution in [2.45, 2.75) is 10.8 Å². The van der Waals surface area contributed by atoms with Gasteiger partial charge in [0, 0.05) is 11.3 Å². The van der Waals surface area contributed by atoms with E-state index in [1.165, 1.54) is 5.56 Å². The van der Waals surface area contributed by atoms with E-state index >= 15 is 0 Å². The topological polar surface area (TPSA) is 43.1 Å². The lowest BCUT2D eigenvalue weighted by molar-refractivity contribution is 0.860. The summed E-state index contributed by atoms with van der Waals surface area (Å²) < 4.78 is 1.81. The van der Waals surface area contributed by atoms with Crippen LogP contribution in [0.2, 0.25) is 0 Å². The molecule has 0 aliphatic heterocycles. The molecule has 0 saturated heterocycles. The van der Waals surface area contributed by atoms with Gasteiger partial charge >= 0.3 is 0 Å². The van der Waals surface area contributed by atoms with E-state index in [0.29, 0.717) is 0 Å². The van der Waals surface area contributed by atoms with Gasteiger partial charge in [-0.3, -0.25) is 0 Å². The van der Waals surface area contributed by atoms with E-state index in [1.54, 1.807) is 11.8 Å².